The molecule has 5 nitrogen and oxygen atoms in total. The summed E-state index contributed by atoms with van der Waals surface area (Å²) in [6, 6.07) is 13.6. The Labute approximate surface area is 184 Å². The van der Waals surface area contributed by atoms with Crippen molar-refractivity contribution in [1.82, 2.24) is 25.5 Å². The van der Waals surface area contributed by atoms with Gasteiger partial charge >= 0.3 is 0 Å². The zero-order valence-electron chi connectivity index (χ0n) is 17.7. The van der Waals surface area contributed by atoms with E-state index in [9.17, 15) is 4.39 Å². The molecule has 1 aliphatic rings. The molecule has 0 bridgehead atoms. The average molecular weight is 423 g/mol. The molecule has 0 aliphatic carbocycles. The SMILES string of the molecule is Cc1cc(F)cc(-c2cncc3[nH]c(-c4n[nH]c5ccc(C6=CCNCC6)cc45)cc23)c1. The molecule has 0 fully saturated rings. The van der Waals surface area contributed by atoms with Gasteiger partial charge in [-0.1, -0.05) is 18.2 Å². The molecule has 0 saturated heterocycles. The van der Waals surface area contributed by atoms with E-state index in [1.165, 1.54) is 17.2 Å². The Morgan fingerprint density at radius 1 is 0.938 bits per heavy atom. The maximum absolute atomic E-state index is 14.1. The van der Waals surface area contributed by atoms with E-state index in [-0.39, 0.29) is 5.82 Å². The fraction of sp³-hybridized carbons (Fsp3) is 0.154. The number of aromatic amines is 2. The molecule has 32 heavy (non-hydrogen) atoms. The van der Waals surface area contributed by atoms with E-state index >= 15 is 0 Å². The second-order valence-corrected chi connectivity index (χ2v) is 8.36. The molecule has 0 amide bonds. The molecule has 6 rings (SSSR count). The van der Waals surface area contributed by atoms with Crippen LogP contribution in [-0.4, -0.2) is 33.3 Å². The summed E-state index contributed by atoms with van der Waals surface area (Å²) in [5.41, 5.74) is 8.86. The Morgan fingerprint density at radius 3 is 2.72 bits per heavy atom. The molecule has 1 aliphatic heterocycles. The zero-order chi connectivity index (χ0) is 21.7. The molecule has 5 aromatic rings. The van der Waals surface area contributed by atoms with Gasteiger partial charge in [0.1, 0.15) is 11.5 Å². The highest BCUT2D eigenvalue weighted by Crippen LogP contribution is 2.35. The van der Waals surface area contributed by atoms with E-state index in [2.05, 4.69) is 55.8 Å². The molecule has 0 saturated carbocycles. The van der Waals surface area contributed by atoms with Crippen LogP contribution in [0.3, 0.4) is 0 Å². The van der Waals surface area contributed by atoms with Crippen LogP contribution in [-0.2, 0) is 0 Å². The average Bonchev–Trinajstić information content (AvgIpc) is 3.42. The lowest BCUT2D eigenvalue weighted by molar-refractivity contribution is 0.627. The second kappa shape index (κ2) is 7.43. The number of rotatable bonds is 3. The molecule has 3 aromatic heterocycles. The Morgan fingerprint density at radius 2 is 1.88 bits per heavy atom. The Hall–Kier alpha value is -3.77. The van der Waals surface area contributed by atoms with Crippen molar-refractivity contribution in [2.75, 3.05) is 13.1 Å². The summed E-state index contributed by atoms with van der Waals surface area (Å²) >= 11 is 0. The quantitative estimate of drug-likeness (QED) is 0.354. The zero-order valence-corrected chi connectivity index (χ0v) is 17.7. The minimum Gasteiger partial charge on any atom is -0.352 e. The smallest absolute Gasteiger partial charge is 0.124 e. The maximum Gasteiger partial charge on any atom is 0.124 e. The van der Waals surface area contributed by atoms with Crippen molar-refractivity contribution in [3.63, 3.8) is 0 Å². The number of fused-ring (bicyclic) bond motifs is 2. The molecule has 4 heterocycles. The first-order valence-corrected chi connectivity index (χ1v) is 10.8. The molecular formula is C26H22FN5. The number of halogens is 1. The van der Waals surface area contributed by atoms with Gasteiger partial charge in [0.2, 0.25) is 0 Å². The van der Waals surface area contributed by atoms with Crippen LogP contribution in [0.1, 0.15) is 17.5 Å². The number of aromatic nitrogens is 4. The Kier molecular flexibility index (Phi) is 4.40. The molecule has 0 unspecified atom stereocenters. The number of hydrogen-bond acceptors (Lipinski definition) is 3. The first-order valence-electron chi connectivity index (χ1n) is 10.8. The highest BCUT2D eigenvalue weighted by atomic mass is 19.1. The second-order valence-electron chi connectivity index (χ2n) is 8.36. The van der Waals surface area contributed by atoms with Gasteiger partial charge in [0, 0.05) is 29.1 Å². The molecular weight excluding hydrogens is 401 g/mol. The van der Waals surface area contributed by atoms with Gasteiger partial charge in [-0.3, -0.25) is 10.1 Å². The summed E-state index contributed by atoms with van der Waals surface area (Å²) in [6.07, 6.45) is 6.87. The van der Waals surface area contributed by atoms with Crippen molar-refractivity contribution in [2.24, 2.45) is 0 Å². The van der Waals surface area contributed by atoms with Crippen LogP contribution >= 0.6 is 0 Å². The van der Waals surface area contributed by atoms with Crippen molar-refractivity contribution in [1.29, 1.82) is 0 Å². The minimum atomic E-state index is -0.245. The van der Waals surface area contributed by atoms with Gasteiger partial charge in [0.15, 0.2) is 0 Å². The number of pyridine rings is 1. The molecule has 0 spiro atoms. The van der Waals surface area contributed by atoms with Gasteiger partial charge < -0.3 is 10.3 Å². The van der Waals surface area contributed by atoms with Gasteiger partial charge in [0.05, 0.1) is 22.9 Å². The fourth-order valence-electron chi connectivity index (χ4n) is 4.60. The van der Waals surface area contributed by atoms with E-state index in [0.29, 0.717) is 0 Å². The number of H-pyrrole nitrogens is 2. The van der Waals surface area contributed by atoms with Crippen molar-refractivity contribution in [3.8, 4) is 22.5 Å². The van der Waals surface area contributed by atoms with Crippen LogP contribution in [0.2, 0.25) is 0 Å². The Bertz CT molecular complexity index is 1490. The number of hydrogen-bond donors (Lipinski definition) is 3. The van der Waals surface area contributed by atoms with E-state index in [1.54, 1.807) is 18.5 Å². The van der Waals surface area contributed by atoms with Crippen molar-refractivity contribution < 1.29 is 4.39 Å². The number of nitrogens with one attached hydrogen (secondary N) is 3. The largest absolute Gasteiger partial charge is 0.352 e. The van der Waals surface area contributed by atoms with Gasteiger partial charge in [0.25, 0.3) is 0 Å². The van der Waals surface area contributed by atoms with Crippen molar-refractivity contribution in [3.05, 3.63) is 77.9 Å². The van der Waals surface area contributed by atoms with Crippen LogP contribution < -0.4 is 5.32 Å². The summed E-state index contributed by atoms with van der Waals surface area (Å²) in [6.45, 7) is 3.80. The highest BCUT2D eigenvalue weighted by Gasteiger charge is 2.16. The first kappa shape index (κ1) is 19.0. The molecule has 0 radical (unpaired) electrons. The van der Waals surface area contributed by atoms with Crippen molar-refractivity contribution >= 4 is 27.4 Å². The Balaban J connectivity index is 1.49. The van der Waals surface area contributed by atoms with Gasteiger partial charge in [-0.2, -0.15) is 5.10 Å². The van der Waals surface area contributed by atoms with Gasteiger partial charge in [-0.25, -0.2) is 4.39 Å². The van der Waals surface area contributed by atoms with Crippen LogP contribution in [0.4, 0.5) is 4.39 Å². The third-order valence-corrected chi connectivity index (χ3v) is 6.15. The number of aryl methyl sites for hydroxylation is 1. The van der Waals surface area contributed by atoms with Crippen LogP contribution in [0.25, 0.3) is 49.9 Å². The number of benzene rings is 2. The molecule has 3 N–H and O–H groups in total. The molecule has 0 atom stereocenters. The highest BCUT2D eigenvalue weighted by molar-refractivity contribution is 6.01. The van der Waals surface area contributed by atoms with Gasteiger partial charge in [-0.15, -0.1) is 0 Å². The van der Waals surface area contributed by atoms with Crippen LogP contribution in [0.5, 0.6) is 0 Å². The summed E-state index contributed by atoms with van der Waals surface area (Å²) in [5.74, 6) is -0.245. The first-order chi connectivity index (χ1) is 15.7. The lowest BCUT2D eigenvalue weighted by Gasteiger charge is -2.14. The van der Waals surface area contributed by atoms with E-state index in [4.69, 9.17) is 0 Å². The third kappa shape index (κ3) is 3.20. The van der Waals surface area contributed by atoms with E-state index in [0.717, 1.165) is 69.4 Å². The molecule has 158 valence electrons. The summed E-state index contributed by atoms with van der Waals surface area (Å²) < 4.78 is 14.1. The summed E-state index contributed by atoms with van der Waals surface area (Å²) in [5, 5.41) is 13.2. The van der Waals surface area contributed by atoms with Gasteiger partial charge in [-0.05, 0) is 72.5 Å². The predicted molar refractivity (Wildman–Crippen MR) is 127 cm³/mol. The minimum absolute atomic E-state index is 0.245. The number of nitrogens with zero attached hydrogens (tertiary/aromatic N) is 2. The standard InChI is InChI=1S/C26H22FN5/c1-15-8-18(10-19(27)9-15)22-13-29-14-25-20(22)12-24(30-25)26-21-11-17(2-3-23(21)31-32-26)16-4-6-28-7-5-16/h2-4,8-14,28,30H,5-7H2,1H3,(H,31,32). The molecule has 2 aromatic carbocycles. The van der Waals surface area contributed by atoms with Crippen LogP contribution in [0.15, 0.2) is 60.9 Å². The lowest BCUT2D eigenvalue weighted by atomic mass is 9.98. The molecule has 6 heteroatoms. The van der Waals surface area contributed by atoms with E-state index < -0.39 is 0 Å². The van der Waals surface area contributed by atoms with Crippen LogP contribution in [0, 0.1) is 12.7 Å². The lowest BCUT2D eigenvalue weighted by Crippen LogP contribution is -2.19. The summed E-state index contributed by atoms with van der Waals surface area (Å²) in [4.78, 5) is 7.85. The van der Waals surface area contributed by atoms with E-state index in [1.807, 2.05) is 13.0 Å². The summed E-state index contributed by atoms with van der Waals surface area (Å²) in [7, 11) is 0. The maximum atomic E-state index is 14.1. The fourth-order valence-corrected chi connectivity index (χ4v) is 4.60. The normalized spacial score (nSPS) is 14.2. The third-order valence-electron chi connectivity index (χ3n) is 6.15. The topological polar surface area (TPSA) is 69.4 Å². The van der Waals surface area contributed by atoms with Crippen molar-refractivity contribution in [2.45, 2.75) is 13.3 Å². The predicted octanol–water partition coefficient (Wildman–Crippen LogP) is 5.60. The monoisotopic (exact) mass is 423 g/mol.